The van der Waals surface area contributed by atoms with Crippen LogP contribution in [0.5, 0.6) is 0 Å². The van der Waals surface area contributed by atoms with Gasteiger partial charge in [0.25, 0.3) is 0 Å². The molecule has 120 valence electrons. The average Bonchev–Trinajstić information content (AvgIpc) is 2.49. The Morgan fingerprint density at radius 3 is 1.91 bits per heavy atom. The summed E-state index contributed by atoms with van der Waals surface area (Å²) in [5.41, 5.74) is 0.698. The summed E-state index contributed by atoms with van der Waals surface area (Å²) in [4.78, 5) is 24.1. The molecule has 0 heterocycles. The first-order valence-electron chi connectivity index (χ1n) is 7.20. The number of allylic oxidation sites excluding steroid dienone is 1. The zero-order valence-corrected chi connectivity index (χ0v) is 13.8. The maximum atomic E-state index is 12.1. The second-order valence-corrected chi connectivity index (χ2v) is 6.19. The Bertz CT molecular complexity index is 510. The largest absolute Gasteiger partial charge is 0.468 e. The summed E-state index contributed by atoms with van der Waals surface area (Å²) in [6.45, 7) is 5.93. The van der Waals surface area contributed by atoms with Crippen LogP contribution in [-0.2, 0) is 19.1 Å². The predicted molar refractivity (Wildman–Crippen MR) is 85.9 cm³/mol. The molecule has 0 spiro atoms. The summed E-state index contributed by atoms with van der Waals surface area (Å²) in [7, 11) is 2.55. The van der Waals surface area contributed by atoms with Crippen molar-refractivity contribution in [2.45, 2.75) is 20.8 Å². The fourth-order valence-electron chi connectivity index (χ4n) is 2.32. The summed E-state index contributed by atoms with van der Waals surface area (Å²) >= 11 is 0. The molecule has 0 bridgehead atoms. The molecule has 1 rings (SSSR count). The minimum absolute atomic E-state index is 0.307. The third-order valence-corrected chi connectivity index (χ3v) is 3.56. The Labute approximate surface area is 132 Å². The van der Waals surface area contributed by atoms with Crippen LogP contribution in [0.3, 0.4) is 0 Å². The molecule has 0 saturated heterocycles. The van der Waals surface area contributed by atoms with Crippen LogP contribution < -0.4 is 0 Å². The van der Waals surface area contributed by atoms with Crippen molar-refractivity contribution in [2.75, 3.05) is 14.2 Å². The van der Waals surface area contributed by atoms with E-state index in [1.165, 1.54) is 14.2 Å². The number of ether oxygens (including phenoxy) is 2. The van der Waals surface area contributed by atoms with Gasteiger partial charge in [0, 0.05) is 5.92 Å². The minimum Gasteiger partial charge on any atom is -0.468 e. The quantitative estimate of drug-likeness (QED) is 0.618. The maximum Gasteiger partial charge on any atom is 0.320 e. The Kier molecular flexibility index (Phi) is 6.35. The van der Waals surface area contributed by atoms with Crippen LogP contribution >= 0.6 is 0 Å². The van der Waals surface area contributed by atoms with Gasteiger partial charge in [0.05, 0.1) is 14.2 Å². The van der Waals surface area contributed by atoms with Crippen LogP contribution in [-0.4, -0.2) is 26.2 Å². The van der Waals surface area contributed by atoms with E-state index < -0.39 is 17.9 Å². The zero-order valence-electron chi connectivity index (χ0n) is 13.8. The molecule has 0 aliphatic rings. The van der Waals surface area contributed by atoms with Gasteiger partial charge in [-0.05, 0) is 11.0 Å². The van der Waals surface area contributed by atoms with E-state index in [1.54, 1.807) is 0 Å². The number of esters is 2. The number of carbonyl (C=O) groups is 2. The second kappa shape index (κ2) is 7.78. The van der Waals surface area contributed by atoms with Gasteiger partial charge in [-0.1, -0.05) is 63.3 Å². The SMILES string of the molecule is COC(=O)C(C(=O)OC)C(/C=C/c1ccccc1)C(C)(C)C. The van der Waals surface area contributed by atoms with Gasteiger partial charge >= 0.3 is 11.9 Å². The van der Waals surface area contributed by atoms with Crippen LogP contribution in [0.4, 0.5) is 0 Å². The highest BCUT2D eigenvalue weighted by molar-refractivity contribution is 5.95. The van der Waals surface area contributed by atoms with E-state index in [0.717, 1.165) is 5.56 Å². The molecule has 1 aromatic carbocycles. The van der Waals surface area contributed by atoms with E-state index in [4.69, 9.17) is 9.47 Å². The Hall–Kier alpha value is -2.10. The van der Waals surface area contributed by atoms with Crippen molar-refractivity contribution in [3.8, 4) is 0 Å². The first-order valence-corrected chi connectivity index (χ1v) is 7.20. The molecule has 22 heavy (non-hydrogen) atoms. The Balaban J connectivity index is 3.18. The Morgan fingerprint density at radius 1 is 1.00 bits per heavy atom. The van der Waals surface area contributed by atoms with Gasteiger partial charge in [-0.3, -0.25) is 9.59 Å². The van der Waals surface area contributed by atoms with Crippen molar-refractivity contribution in [2.24, 2.45) is 17.3 Å². The van der Waals surface area contributed by atoms with Crippen molar-refractivity contribution in [1.82, 2.24) is 0 Å². The third-order valence-electron chi connectivity index (χ3n) is 3.56. The third kappa shape index (κ3) is 4.72. The molecule has 0 N–H and O–H groups in total. The summed E-state index contributed by atoms with van der Waals surface area (Å²) in [5.74, 6) is -2.48. The molecule has 0 aliphatic heterocycles. The van der Waals surface area contributed by atoms with Crippen LogP contribution in [0.25, 0.3) is 6.08 Å². The lowest BCUT2D eigenvalue weighted by Crippen LogP contribution is -2.38. The van der Waals surface area contributed by atoms with Crippen molar-refractivity contribution in [1.29, 1.82) is 0 Å². The van der Waals surface area contributed by atoms with Crippen molar-refractivity contribution in [3.05, 3.63) is 42.0 Å². The number of hydrogen-bond donors (Lipinski definition) is 0. The minimum atomic E-state index is -0.977. The highest BCUT2D eigenvalue weighted by atomic mass is 16.5. The van der Waals surface area contributed by atoms with Crippen molar-refractivity contribution >= 4 is 18.0 Å². The van der Waals surface area contributed by atoms with E-state index in [9.17, 15) is 9.59 Å². The number of carbonyl (C=O) groups excluding carboxylic acids is 2. The molecule has 0 aromatic heterocycles. The highest BCUT2D eigenvalue weighted by Crippen LogP contribution is 2.35. The molecular formula is C18H24O4. The topological polar surface area (TPSA) is 52.6 Å². The molecule has 1 unspecified atom stereocenters. The molecule has 1 aromatic rings. The molecule has 4 nitrogen and oxygen atoms in total. The van der Waals surface area contributed by atoms with E-state index >= 15 is 0 Å². The van der Waals surface area contributed by atoms with Gasteiger partial charge in [0.1, 0.15) is 0 Å². The molecule has 1 atom stereocenters. The fraction of sp³-hybridized carbons (Fsp3) is 0.444. The van der Waals surface area contributed by atoms with Crippen molar-refractivity contribution in [3.63, 3.8) is 0 Å². The van der Waals surface area contributed by atoms with Crippen LogP contribution in [0.15, 0.2) is 36.4 Å². The number of benzene rings is 1. The standard InChI is InChI=1S/C18H24O4/c1-18(2,3)14(12-11-13-9-7-6-8-10-13)15(16(19)21-4)17(20)22-5/h6-12,14-15H,1-5H3/b12-11+. The van der Waals surface area contributed by atoms with Crippen molar-refractivity contribution < 1.29 is 19.1 Å². The average molecular weight is 304 g/mol. The first-order chi connectivity index (χ1) is 10.3. The molecule has 0 aliphatic carbocycles. The van der Waals surface area contributed by atoms with Gasteiger partial charge in [0.2, 0.25) is 0 Å². The normalized spacial score (nSPS) is 13.2. The van der Waals surface area contributed by atoms with E-state index in [-0.39, 0.29) is 11.3 Å². The summed E-state index contributed by atoms with van der Waals surface area (Å²) in [6.07, 6.45) is 3.79. The van der Waals surface area contributed by atoms with E-state index in [0.29, 0.717) is 0 Å². The van der Waals surface area contributed by atoms with E-state index in [2.05, 4.69) is 0 Å². The molecule has 4 heteroatoms. The van der Waals surface area contributed by atoms with Crippen LogP contribution in [0, 0.1) is 17.3 Å². The molecular weight excluding hydrogens is 280 g/mol. The van der Waals surface area contributed by atoms with Gasteiger partial charge in [0.15, 0.2) is 5.92 Å². The highest BCUT2D eigenvalue weighted by Gasteiger charge is 2.41. The predicted octanol–water partition coefficient (Wildman–Crippen LogP) is 3.32. The second-order valence-electron chi connectivity index (χ2n) is 6.19. The number of methoxy groups -OCH3 is 2. The number of hydrogen-bond acceptors (Lipinski definition) is 4. The van der Waals surface area contributed by atoms with Gasteiger partial charge in [-0.2, -0.15) is 0 Å². The van der Waals surface area contributed by atoms with E-state index in [1.807, 2.05) is 63.3 Å². The lowest BCUT2D eigenvalue weighted by molar-refractivity contribution is -0.162. The Morgan fingerprint density at radius 2 is 1.50 bits per heavy atom. The first kappa shape index (κ1) is 18.0. The fourth-order valence-corrected chi connectivity index (χ4v) is 2.32. The van der Waals surface area contributed by atoms with Gasteiger partial charge < -0.3 is 9.47 Å². The summed E-state index contributed by atoms with van der Waals surface area (Å²) in [5, 5.41) is 0. The molecule has 0 saturated carbocycles. The monoisotopic (exact) mass is 304 g/mol. The summed E-state index contributed by atoms with van der Waals surface area (Å²) < 4.78 is 9.58. The van der Waals surface area contributed by atoms with Gasteiger partial charge in [-0.15, -0.1) is 0 Å². The van der Waals surface area contributed by atoms with Crippen LogP contribution in [0.1, 0.15) is 26.3 Å². The van der Waals surface area contributed by atoms with Crippen LogP contribution in [0.2, 0.25) is 0 Å². The number of rotatable bonds is 5. The molecule has 0 amide bonds. The summed E-state index contributed by atoms with van der Waals surface area (Å²) in [6, 6.07) is 9.72. The zero-order chi connectivity index (χ0) is 16.8. The lowest BCUT2D eigenvalue weighted by Gasteiger charge is -2.32. The molecule has 0 radical (unpaired) electrons. The maximum absolute atomic E-state index is 12.1. The molecule has 0 fully saturated rings. The van der Waals surface area contributed by atoms with Gasteiger partial charge in [-0.25, -0.2) is 0 Å². The lowest BCUT2D eigenvalue weighted by atomic mass is 9.72. The smallest absolute Gasteiger partial charge is 0.320 e.